The quantitative estimate of drug-likeness (QED) is 0.713. The molecule has 0 bridgehead atoms. The van der Waals surface area contributed by atoms with Gasteiger partial charge in [0.15, 0.2) is 5.78 Å². The molecule has 0 saturated carbocycles. The molecule has 1 unspecified atom stereocenters. The number of carbonyl (C=O) groups is 1. The van der Waals surface area contributed by atoms with Gasteiger partial charge < -0.3 is 0 Å². The second-order valence-corrected chi connectivity index (χ2v) is 5.06. The van der Waals surface area contributed by atoms with Gasteiger partial charge in [0.25, 0.3) is 0 Å². The van der Waals surface area contributed by atoms with E-state index in [4.69, 9.17) is 5.26 Å². The van der Waals surface area contributed by atoms with Crippen LogP contribution in [0.1, 0.15) is 16.8 Å². The fraction of sp³-hybridized carbons (Fsp3) is 0.333. The third-order valence-electron chi connectivity index (χ3n) is 2.02. The van der Waals surface area contributed by atoms with Crippen molar-refractivity contribution in [3.8, 4) is 6.07 Å². The molecule has 66 valence electrons. The highest BCUT2D eigenvalue weighted by molar-refractivity contribution is 8.01. The SMILES string of the molecule is N#CCC1CSc2sccc2C1=O. The van der Waals surface area contributed by atoms with Crippen LogP contribution in [0.5, 0.6) is 0 Å². The van der Waals surface area contributed by atoms with Crippen molar-refractivity contribution in [2.24, 2.45) is 5.92 Å². The van der Waals surface area contributed by atoms with E-state index in [2.05, 4.69) is 6.07 Å². The smallest absolute Gasteiger partial charge is 0.169 e. The maximum Gasteiger partial charge on any atom is 0.169 e. The first kappa shape index (κ1) is 8.79. The molecule has 13 heavy (non-hydrogen) atoms. The summed E-state index contributed by atoms with van der Waals surface area (Å²) in [6.07, 6.45) is 0.348. The Morgan fingerprint density at radius 3 is 3.31 bits per heavy atom. The molecule has 2 nitrogen and oxygen atoms in total. The Labute approximate surface area is 84.6 Å². The Kier molecular flexibility index (Phi) is 2.38. The second-order valence-electron chi connectivity index (χ2n) is 2.86. The molecular weight excluding hydrogens is 202 g/mol. The highest BCUT2D eigenvalue weighted by Gasteiger charge is 2.28. The fourth-order valence-electron chi connectivity index (χ4n) is 1.32. The fourth-order valence-corrected chi connectivity index (χ4v) is 3.54. The van der Waals surface area contributed by atoms with E-state index < -0.39 is 0 Å². The van der Waals surface area contributed by atoms with Crippen molar-refractivity contribution >= 4 is 28.9 Å². The summed E-state index contributed by atoms with van der Waals surface area (Å²) < 4.78 is 1.11. The van der Waals surface area contributed by atoms with Crippen LogP contribution in [0.25, 0.3) is 0 Å². The van der Waals surface area contributed by atoms with Gasteiger partial charge in [-0.3, -0.25) is 4.79 Å². The van der Waals surface area contributed by atoms with E-state index in [1.807, 2.05) is 11.4 Å². The zero-order valence-corrected chi connectivity index (χ0v) is 8.45. The van der Waals surface area contributed by atoms with Crippen LogP contribution in [-0.4, -0.2) is 11.5 Å². The molecule has 1 aromatic rings. The summed E-state index contributed by atoms with van der Waals surface area (Å²) in [5.74, 6) is 0.827. The van der Waals surface area contributed by atoms with Crippen LogP contribution in [-0.2, 0) is 0 Å². The number of hydrogen-bond acceptors (Lipinski definition) is 4. The van der Waals surface area contributed by atoms with E-state index in [0.717, 1.165) is 15.5 Å². The molecule has 1 aliphatic heterocycles. The van der Waals surface area contributed by atoms with Gasteiger partial charge >= 0.3 is 0 Å². The second kappa shape index (κ2) is 3.52. The minimum absolute atomic E-state index is 0.0860. The van der Waals surface area contributed by atoms with Gasteiger partial charge in [-0.2, -0.15) is 5.26 Å². The van der Waals surface area contributed by atoms with Crippen molar-refractivity contribution in [1.29, 1.82) is 5.26 Å². The minimum Gasteiger partial charge on any atom is -0.294 e. The lowest BCUT2D eigenvalue weighted by atomic mass is 9.98. The molecule has 0 radical (unpaired) electrons. The number of fused-ring (bicyclic) bond motifs is 1. The third-order valence-corrected chi connectivity index (χ3v) is 4.42. The van der Waals surface area contributed by atoms with Crippen molar-refractivity contribution in [1.82, 2.24) is 0 Å². The summed E-state index contributed by atoms with van der Waals surface area (Å²) >= 11 is 3.30. The third kappa shape index (κ3) is 1.50. The van der Waals surface area contributed by atoms with Gasteiger partial charge in [0.2, 0.25) is 0 Å². The summed E-state index contributed by atoms with van der Waals surface area (Å²) in [6.45, 7) is 0. The van der Waals surface area contributed by atoms with E-state index >= 15 is 0 Å². The molecule has 1 aromatic heterocycles. The van der Waals surface area contributed by atoms with Gasteiger partial charge in [-0.25, -0.2) is 0 Å². The van der Waals surface area contributed by atoms with Crippen LogP contribution in [0.3, 0.4) is 0 Å². The molecular formula is C9H7NOS2. The molecule has 4 heteroatoms. The van der Waals surface area contributed by atoms with Crippen molar-refractivity contribution in [3.63, 3.8) is 0 Å². The first-order chi connectivity index (χ1) is 6.33. The number of ketones is 1. The number of rotatable bonds is 1. The van der Waals surface area contributed by atoms with E-state index in [-0.39, 0.29) is 11.7 Å². The molecule has 0 fully saturated rings. The highest BCUT2D eigenvalue weighted by Crippen LogP contribution is 2.37. The Bertz CT molecular complexity index is 377. The molecule has 0 spiro atoms. The molecule has 0 amide bonds. The van der Waals surface area contributed by atoms with Crippen LogP contribution in [0.4, 0.5) is 0 Å². The van der Waals surface area contributed by atoms with E-state index in [1.54, 1.807) is 23.1 Å². The maximum atomic E-state index is 11.7. The summed E-state index contributed by atoms with van der Waals surface area (Å²) in [5, 5.41) is 10.5. The van der Waals surface area contributed by atoms with Gasteiger partial charge in [0, 0.05) is 23.7 Å². The maximum absolute atomic E-state index is 11.7. The Balaban J connectivity index is 2.28. The molecule has 0 N–H and O–H groups in total. The van der Waals surface area contributed by atoms with Gasteiger partial charge in [-0.1, -0.05) is 0 Å². The average Bonchev–Trinajstić information content (AvgIpc) is 2.58. The molecule has 1 aliphatic rings. The van der Waals surface area contributed by atoms with Crippen molar-refractivity contribution in [3.05, 3.63) is 17.0 Å². The number of thioether (sulfide) groups is 1. The number of carbonyl (C=O) groups excluding carboxylic acids is 1. The van der Waals surface area contributed by atoms with Crippen LogP contribution in [0.15, 0.2) is 15.7 Å². The van der Waals surface area contributed by atoms with Crippen LogP contribution in [0.2, 0.25) is 0 Å². The van der Waals surface area contributed by atoms with Crippen molar-refractivity contribution < 1.29 is 4.79 Å². The van der Waals surface area contributed by atoms with Crippen molar-refractivity contribution in [2.75, 3.05) is 5.75 Å². The largest absolute Gasteiger partial charge is 0.294 e. The van der Waals surface area contributed by atoms with Gasteiger partial charge in [-0.05, 0) is 11.4 Å². The molecule has 1 atom stereocenters. The molecule has 2 heterocycles. The minimum atomic E-state index is -0.0860. The number of thiophene rings is 1. The Hall–Kier alpha value is -0.790. The Morgan fingerprint density at radius 2 is 2.54 bits per heavy atom. The lowest BCUT2D eigenvalue weighted by Gasteiger charge is -2.17. The molecule has 0 aromatic carbocycles. The van der Waals surface area contributed by atoms with Crippen LogP contribution < -0.4 is 0 Å². The number of nitriles is 1. The average molecular weight is 209 g/mol. The van der Waals surface area contributed by atoms with Gasteiger partial charge in [0.1, 0.15) is 0 Å². The molecule has 2 rings (SSSR count). The summed E-state index contributed by atoms with van der Waals surface area (Å²) in [6, 6.07) is 3.92. The number of hydrogen-bond donors (Lipinski definition) is 0. The monoisotopic (exact) mass is 209 g/mol. The standard InChI is InChI=1S/C9H7NOS2/c10-3-1-6-5-13-9-7(8(6)11)2-4-12-9/h2,4,6H,1,5H2. The topological polar surface area (TPSA) is 40.9 Å². The summed E-state index contributed by atoms with van der Waals surface area (Å²) in [7, 11) is 0. The summed E-state index contributed by atoms with van der Waals surface area (Å²) in [4.78, 5) is 11.7. The first-order valence-corrected chi connectivity index (χ1v) is 5.81. The zero-order valence-electron chi connectivity index (χ0n) is 6.82. The van der Waals surface area contributed by atoms with Crippen LogP contribution in [0, 0.1) is 17.2 Å². The predicted molar refractivity (Wildman–Crippen MR) is 53.1 cm³/mol. The van der Waals surface area contributed by atoms with Crippen LogP contribution >= 0.6 is 23.1 Å². The lowest BCUT2D eigenvalue weighted by molar-refractivity contribution is 0.0930. The normalized spacial score (nSPS) is 20.8. The number of Topliss-reactive ketones (excluding diaryl/α,β-unsaturated/α-hetero) is 1. The van der Waals surface area contributed by atoms with Crippen molar-refractivity contribution in [2.45, 2.75) is 10.6 Å². The molecule has 0 saturated heterocycles. The van der Waals surface area contributed by atoms with E-state index in [9.17, 15) is 4.79 Å². The Morgan fingerprint density at radius 1 is 1.69 bits per heavy atom. The van der Waals surface area contributed by atoms with E-state index in [0.29, 0.717) is 6.42 Å². The molecule has 0 aliphatic carbocycles. The first-order valence-electron chi connectivity index (χ1n) is 3.94. The number of nitrogens with zero attached hydrogens (tertiary/aromatic N) is 1. The van der Waals surface area contributed by atoms with Gasteiger partial charge in [-0.15, -0.1) is 23.1 Å². The summed E-state index contributed by atoms with van der Waals surface area (Å²) in [5.41, 5.74) is 0.821. The zero-order chi connectivity index (χ0) is 9.26. The van der Waals surface area contributed by atoms with Gasteiger partial charge in [0.05, 0.1) is 10.3 Å². The predicted octanol–water partition coefficient (Wildman–Crippen LogP) is 2.57. The van der Waals surface area contributed by atoms with E-state index in [1.165, 1.54) is 0 Å². The highest BCUT2D eigenvalue weighted by atomic mass is 32.2. The lowest BCUT2D eigenvalue weighted by Crippen LogP contribution is -2.20.